The number of allylic oxidation sites excluding steroid dienone is 1. The van der Waals surface area contributed by atoms with Crippen molar-refractivity contribution >= 4 is 17.8 Å². The smallest absolute Gasteiger partial charge is 0.343 e. The number of hydrogen-bond acceptors (Lipinski definition) is 3. The van der Waals surface area contributed by atoms with Crippen molar-refractivity contribution < 1.29 is 14.3 Å². The molecule has 2 aromatic carbocycles. The first-order chi connectivity index (χ1) is 13.0. The lowest BCUT2D eigenvalue weighted by atomic mass is 9.73. The van der Waals surface area contributed by atoms with Gasteiger partial charge < -0.3 is 4.74 Å². The van der Waals surface area contributed by atoms with Crippen molar-refractivity contribution in [1.29, 1.82) is 0 Å². The molecule has 3 heteroatoms. The molecular formula is C24H26O3. The molecule has 140 valence electrons. The van der Waals surface area contributed by atoms with Crippen LogP contribution in [0.1, 0.15) is 49.5 Å². The van der Waals surface area contributed by atoms with E-state index in [-0.39, 0.29) is 23.6 Å². The third kappa shape index (κ3) is 4.54. The summed E-state index contributed by atoms with van der Waals surface area (Å²) in [4.78, 5) is 25.1. The van der Waals surface area contributed by atoms with Crippen LogP contribution in [0.5, 0.6) is 5.75 Å². The molecule has 0 aliphatic heterocycles. The number of carbonyl (C=O) groups is 2. The summed E-state index contributed by atoms with van der Waals surface area (Å²) in [6.45, 7) is 6.35. The predicted octanol–water partition coefficient (Wildman–Crippen LogP) is 5.56. The number of benzene rings is 2. The van der Waals surface area contributed by atoms with Crippen molar-refractivity contribution in [2.24, 2.45) is 17.8 Å². The maximum Gasteiger partial charge on any atom is 0.343 e. The summed E-state index contributed by atoms with van der Waals surface area (Å²) in [5.74, 6) is 1.17. The van der Waals surface area contributed by atoms with Gasteiger partial charge in [-0.05, 0) is 66.2 Å². The van der Waals surface area contributed by atoms with E-state index in [1.54, 1.807) is 24.3 Å². The lowest BCUT2D eigenvalue weighted by molar-refractivity contribution is -0.122. The number of rotatable bonds is 4. The van der Waals surface area contributed by atoms with E-state index < -0.39 is 0 Å². The first-order valence-electron chi connectivity index (χ1n) is 9.59. The summed E-state index contributed by atoms with van der Waals surface area (Å²) in [7, 11) is 0. The molecule has 0 unspecified atom stereocenters. The molecule has 1 aliphatic rings. The normalized spacial score (nSPS) is 21.5. The van der Waals surface area contributed by atoms with Crippen LogP contribution in [0.3, 0.4) is 0 Å². The number of hydrogen-bond donors (Lipinski definition) is 0. The minimum absolute atomic E-state index is 0.118. The van der Waals surface area contributed by atoms with Gasteiger partial charge in [-0.1, -0.05) is 51.1 Å². The van der Waals surface area contributed by atoms with Crippen molar-refractivity contribution in [3.8, 4) is 5.75 Å². The van der Waals surface area contributed by atoms with Gasteiger partial charge in [0.25, 0.3) is 0 Å². The van der Waals surface area contributed by atoms with Gasteiger partial charge in [0.2, 0.25) is 0 Å². The Morgan fingerprint density at radius 2 is 1.70 bits per heavy atom. The second kappa shape index (κ2) is 8.34. The van der Waals surface area contributed by atoms with Gasteiger partial charge in [0.05, 0.1) is 5.56 Å². The summed E-state index contributed by atoms with van der Waals surface area (Å²) in [5, 5.41) is 0. The molecule has 2 atom stereocenters. The predicted molar refractivity (Wildman–Crippen MR) is 108 cm³/mol. The maximum atomic E-state index is 12.8. The van der Waals surface area contributed by atoms with Gasteiger partial charge in [0.1, 0.15) is 5.75 Å². The van der Waals surface area contributed by atoms with Crippen LogP contribution in [-0.2, 0) is 4.79 Å². The number of carbonyl (C=O) groups excluding carboxylic acids is 2. The molecule has 3 rings (SSSR count). The van der Waals surface area contributed by atoms with Crippen LogP contribution in [-0.4, -0.2) is 11.8 Å². The quantitative estimate of drug-likeness (QED) is 0.406. The zero-order valence-electron chi connectivity index (χ0n) is 16.1. The summed E-state index contributed by atoms with van der Waals surface area (Å²) < 4.78 is 5.36. The summed E-state index contributed by atoms with van der Waals surface area (Å²) in [6, 6.07) is 16.2. The molecule has 1 aliphatic carbocycles. The Morgan fingerprint density at radius 3 is 2.33 bits per heavy atom. The topological polar surface area (TPSA) is 43.4 Å². The molecule has 0 spiro atoms. The van der Waals surface area contributed by atoms with Crippen molar-refractivity contribution in [3.05, 3.63) is 71.3 Å². The lowest BCUT2D eigenvalue weighted by Crippen LogP contribution is -2.30. The van der Waals surface area contributed by atoms with Crippen molar-refractivity contribution in [3.63, 3.8) is 0 Å². The average Bonchev–Trinajstić information content (AvgIpc) is 2.66. The fourth-order valence-corrected chi connectivity index (χ4v) is 3.57. The monoisotopic (exact) mass is 362 g/mol. The molecule has 0 amide bonds. The van der Waals surface area contributed by atoms with Gasteiger partial charge in [0, 0.05) is 5.92 Å². The van der Waals surface area contributed by atoms with Crippen LogP contribution in [0.4, 0.5) is 0 Å². The Bertz CT molecular complexity index is 832. The average molecular weight is 362 g/mol. The molecule has 0 saturated heterocycles. The highest BCUT2D eigenvalue weighted by Crippen LogP contribution is 2.35. The minimum atomic E-state index is -0.387. The van der Waals surface area contributed by atoms with Gasteiger partial charge in [-0.3, -0.25) is 4.79 Å². The minimum Gasteiger partial charge on any atom is -0.423 e. The largest absolute Gasteiger partial charge is 0.423 e. The molecule has 0 aromatic heterocycles. The number of esters is 1. The Balaban J connectivity index is 1.75. The van der Waals surface area contributed by atoms with Crippen molar-refractivity contribution in [2.45, 2.75) is 33.6 Å². The van der Waals surface area contributed by atoms with Gasteiger partial charge in [-0.2, -0.15) is 0 Å². The van der Waals surface area contributed by atoms with Crippen LogP contribution in [0.15, 0.2) is 60.2 Å². The van der Waals surface area contributed by atoms with Crippen molar-refractivity contribution in [1.82, 2.24) is 0 Å². The highest BCUT2D eigenvalue weighted by Gasteiger charge is 2.32. The highest BCUT2D eigenvalue weighted by molar-refractivity contribution is 6.02. The number of Topliss-reactive ketones (excluding diaryl/α,β-unsaturated/α-hetero) is 1. The van der Waals surface area contributed by atoms with E-state index in [1.165, 1.54) is 0 Å². The third-order valence-corrected chi connectivity index (χ3v) is 5.29. The lowest BCUT2D eigenvalue weighted by Gasteiger charge is -2.30. The van der Waals surface area contributed by atoms with Crippen LogP contribution < -0.4 is 4.74 Å². The molecule has 1 saturated carbocycles. The van der Waals surface area contributed by atoms with Gasteiger partial charge >= 0.3 is 5.97 Å². The van der Waals surface area contributed by atoms with Gasteiger partial charge in [-0.15, -0.1) is 0 Å². The van der Waals surface area contributed by atoms with Crippen LogP contribution in [0, 0.1) is 17.8 Å². The molecule has 27 heavy (non-hydrogen) atoms. The first kappa shape index (κ1) is 19.1. The molecule has 0 bridgehead atoms. The van der Waals surface area contributed by atoms with E-state index in [2.05, 4.69) is 20.8 Å². The molecule has 2 aromatic rings. The molecule has 0 heterocycles. The van der Waals surface area contributed by atoms with E-state index in [1.807, 2.05) is 36.4 Å². The van der Waals surface area contributed by atoms with E-state index in [0.29, 0.717) is 17.2 Å². The standard InChI is InChI=1S/C24H26O3/c1-16(2)21-14-9-17(3)22(23(21)25)15-18-10-12-19(13-11-18)24(26)27-20-7-5-4-6-8-20/h4-8,10-13,15-17,21H,9,14H2,1-3H3/b22-15+/t17-,21-/m1/s1. The zero-order chi connectivity index (χ0) is 19.4. The second-order valence-corrected chi connectivity index (χ2v) is 7.62. The Kier molecular flexibility index (Phi) is 5.90. The summed E-state index contributed by atoms with van der Waals surface area (Å²) in [5.41, 5.74) is 2.33. The number of para-hydroxylation sites is 1. The third-order valence-electron chi connectivity index (χ3n) is 5.29. The van der Waals surface area contributed by atoms with Crippen molar-refractivity contribution in [2.75, 3.05) is 0 Å². The number of ether oxygens (including phenoxy) is 1. The van der Waals surface area contributed by atoms with E-state index in [4.69, 9.17) is 4.74 Å². The maximum absolute atomic E-state index is 12.8. The SMILES string of the molecule is CC(C)[C@H]1CC[C@@H](C)/C(=C\c2ccc(C(=O)Oc3ccccc3)cc2)C1=O. The Labute approximate surface area is 161 Å². The molecule has 0 radical (unpaired) electrons. The fourth-order valence-electron chi connectivity index (χ4n) is 3.57. The molecule has 0 N–H and O–H groups in total. The Morgan fingerprint density at radius 1 is 1.04 bits per heavy atom. The van der Waals surface area contributed by atoms with E-state index >= 15 is 0 Å². The van der Waals surface area contributed by atoms with E-state index in [0.717, 1.165) is 24.0 Å². The fraction of sp³-hybridized carbons (Fsp3) is 0.333. The van der Waals surface area contributed by atoms with Gasteiger partial charge in [-0.25, -0.2) is 4.79 Å². The summed E-state index contributed by atoms with van der Waals surface area (Å²) >= 11 is 0. The molecule has 1 fully saturated rings. The first-order valence-corrected chi connectivity index (χ1v) is 9.59. The molecule has 3 nitrogen and oxygen atoms in total. The van der Waals surface area contributed by atoms with Gasteiger partial charge in [0.15, 0.2) is 5.78 Å². The van der Waals surface area contributed by atoms with Crippen LogP contribution in [0.25, 0.3) is 6.08 Å². The zero-order valence-corrected chi connectivity index (χ0v) is 16.1. The summed E-state index contributed by atoms with van der Waals surface area (Å²) in [6.07, 6.45) is 4.00. The van der Waals surface area contributed by atoms with Crippen LogP contribution in [0.2, 0.25) is 0 Å². The number of ketones is 1. The van der Waals surface area contributed by atoms with E-state index in [9.17, 15) is 9.59 Å². The molecular weight excluding hydrogens is 336 g/mol. The van der Waals surface area contributed by atoms with Crippen LogP contribution >= 0.6 is 0 Å². The second-order valence-electron chi connectivity index (χ2n) is 7.62. The highest BCUT2D eigenvalue weighted by atomic mass is 16.5. The Hall–Kier alpha value is -2.68.